The zero-order chi connectivity index (χ0) is 17.1. The van der Waals surface area contributed by atoms with Gasteiger partial charge in [-0.25, -0.2) is 0 Å². The molecule has 1 aliphatic carbocycles. The molecule has 0 radical (unpaired) electrons. The van der Waals surface area contributed by atoms with Gasteiger partial charge in [0.05, 0.1) is 0 Å². The Kier molecular flexibility index (Phi) is 4.67. The Morgan fingerprint density at radius 3 is 2.24 bits per heavy atom. The van der Waals surface area contributed by atoms with Crippen molar-refractivity contribution in [3.8, 4) is 0 Å². The minimum atomic E-state index is 0.374. The van der Waals surface area contributed by atoms with Gasteiger partial charge in [0.2, 0.25) is 0 Å². The van der Waals surface area contributed by atoms with Crippen LogP contribution in [0.15, 0.2) is 78.9 Å². The van der Waals surface area contributed by atoms with Gasteiger partial charge in [0, 0.05) is 12.1 Å². The molecule has 25 heavy (non-hydrogen) atoms. The van der Waals surface area contributed by atoms with Crippen LogP contribution in [0.5, 0.6) is 0 Å². The van der Waals surface area contributed by atoms with Crippen molar-refractivity contribution in [3.05, 3.63) is 107 Å². The van der Waals surface area contributed by atoms with E-state index < -0.39 is 0 Å². The standard InChI is InChI=1S/C24H25N/c1-18(15-19-9-3-2-4-10-19)25-24-17-21-12-6-5-11-20(21)16-22-13-7-8-14-23(22)24/h2-14,18,24-25H,15-17H2,1H3. The van der Waals surface area contributed by atoms with Crippen LogP contribution < -0.4 is 5.32 Å². The van der Waals surface area contributed by atoms with E-state index in [-0.39, 0.29) is 0 Å². The summed E-state index contributed by atoms with van der Waals surface area (Å²) in [5, 5.41) is 3.90. The fraction of sp³-hybridized carbons (Fsp3) is 0.250. The lowest BCUT2D eigenvalue weighted by Gasteiger charge is -2.24. The van der Waals surface area contributed by atoms with Crippen LogP contribution in [0.3, 0.4) is 0 Å². The lowest BCUT2D eigenvalue weighted by molar-refractivity contribution is 0.451. The normalized spacial score (nSPS) is 17.2. The predicted octanol–water partition coefficient (Wildman–Crippen LogP) is 5.10. The van der Waals surface area contributed by atoms with Crippen molar-refractivity contribution in [2.75, 3.05) is 0 Å². The van der Waals surface area contributed by atoms with Gasteiger partial charge in [0.25, 0.3) is 0 Å². The van der Waals surface area contributed by atoms with Crippen molar-refractivity contribution in [3.63, 3.8) is 0 Å². The molecule has 0 amide bonds. The topological polar surface area (TPSA) is 12.0 Å². The lowest BCUT2D eigenvalue weighted by atomic mass is 9.96. The Hall–Kier alpha value is -2.38. The monoisotopic (exact) mass is 327 g/mol. The van der Waals surface area contributed by atoms with Crippen LogP contribution in [0.4, 0.5) is 0 Å². The second-order valence-corrected chi connectivity index (χ2v) is 7.16. The molecule has 1 N–H and O–H groups in total. The molecule has 126 valence electrons. The van der Waals surface area contributed by atoms with Gasteiger partial charge in [0.1, 0.15) is 0 Å². The van der Waals surface area contributed by atoms with E-state index in [2.05, 4.69) is 91.1 Å². The number of hydrogen-bond acceptors (Lipinski definition) is 1. The summed E-state index contributed by atoms with van der Waals surface area (Å²) in [5.74, 6) is 0. The van der Waals surface area contributed by atoms with Crippen LogP contribution in [0, 0.1) is 0 Å². The summed E-state index contributed by atoms with van der Waals surface area (Å²) in [5.41, 5.74) is 7.25. The van der Waals surface area contributed by atoms with Crippen molar-refractivity contribution in [1.29, 1.82) is 0 Å². The van der Waals surface area contributed by atoms with Crippen molar-refractivity contribution in [2.24, 2.45) is 0 Å². The molecule has 2 atom stereocenters. The summed E-state index contributed by atoms with van der Waals surface area (Å²) in [4.78, 5) is 0. The van der Waals surface area contributed by atoms with E-state index in [0.29, 0.717) is 12.1 Å². The number of hydrogen-bond donors (Lipinski definition) is 1. The quantitative estimate of drug-likeness (QED) is 0.703. The zero-order valence-corrected chi connectivity index (χ0v) is 14.8. The number of fused-ring (bicyclic) bond motifs is 2. The van der Waals surface area contributed by atoms with Crippen molar-refractivity contribution in [1.82, 2.24) is 5.32 Å². The molecule has 1 nitrogen and oxygen atoms in total. The molecule has 3 aromatic rings. The van der Waals surface area contributed by atoms with E-state index >= 15 is 0 Å². The van der Waals surface area contributed by atoms with Gasteiger partial charge < -0.3 is 5.32 Å². The summed E-state index contributed by atoms with van der Waals surface area (Å²) in [6.45, 7) is 2.30. The third-order valence-electron chi connectivity index (χ3n) is 5.22. The highest BCUT2D eigenvalue weighted by Crippen LogP contribution is 2.30. The molecule has 0 aromatic heterocycles. The Morgan fingerprint density at radius 2 is 1.44 bits per heavy atom. The van der Waals surface area contributed by atoms with Gasteiger partial charge in [-0.3, -0.25) is 0 Å². The average Bonchev–Trinajstić information content (AvgIpc) is 2.79. The second-order valence-electron chi connectivity index (χ2n) is 7.16. The molecule has 3 aromatic carbocycles. The largest absolute Gasteiger partial charge is 0.307 e. The van der Waals surface area contributed by atoms with Gasteiger partial charge >= 0.3 is 0 Å². The minimum Gasteiger partial charge on any atom is -0.307 e. The Balaban J connectivity index is 1.59. The van der Waals surface area contributed by atoms with E-state index in [1.807, 2.05) is 0 Å². The molecule has 0 spiro atoms. The van der Waals surface area contributed by atoms with E-state index in [1.54, 1.807) is 0 Å². The SMILES string of the molecule is CC(Cc1ccccc1)NC1Cc2ccccc2Cc2ccccc21. The number of nitrogens with one attached hydrogen (secondary N) is 1. The van der Waals surface area contributed by atoms with Crippen LogP contribution in [0.25, 0.3) is 0 Å². The Labute approximate surface area is 150 Å². The first-order valence-corrected chi connectivity index (χ1v) is 9.24. The molecule has 4 rings (SSSR count). The summed E-state index contributed by atoms with van der Waals surface area (Å²) >= 11 is 0. The lowest BCUT2D eigenvalue weighted by Crippen LogP contribution is -2.33. The maximum atomic E-state index is 3.90. The van der Waals surface area contributed by atoms with Gasteiger partial charge in [-0.05, 0) is 54.0 Å². The molecule has 0 bridgehead atoms. The smallest absolute Gasteiger partial charge is 0.0366 e. The fourth-order valence-electron chi connectivity index (χ4n) is 4.02. The van der Waals surface area contributed by atoms with E-state index in [9.17, 15) is 0 Å². The molecule has 1 aliphatic rings. The van der Waals surface area contributed by atoms with Gasteiger partial charge in [-0.1, -0.05) is 78.9 Å². The second kappa shape index (κ2) is 7.25. The molecule has 0 aliphatic heterocycles. The number of benzene rings is 3. The van der Waals surface area contributed by atoms with Gasteiger partial charge in [-0.15, -0.1) is 0 Å². The molecular weight excluding hydrogens is 302 g/mol. The van der Waals surface area contributed by atoms with E-state index in [0.717, 1.165) is 19.3 Å². The fourth-order valence-corrected chi connectivity index (χ4v) is 4.02. The van der Waals surface area contributed by atoms with Crippen LogP contribution >= 0.6 is 0 Å². The van der Waals surface area contributed by atoms with E-state index in [4.69, 9.17) is 0 Å². The summed E-state index contributed by atoms with van der Waals surface area (Å²) in [7, 11) is 0. The molecule has 0 heterocycles. The van der Waals surface area contributed by atoms with Crippen LogP contribution in [0.1, 0.15) is 40.8 Å². The van der Waals surface area contributed by atoms with E-state index in [1.165, 1.54) is 27.8 Å². The summed E-state index contributed by atoms with van der Waals surface area (Å²) in [6.07, 6.45) is 3.16. The molecular formula is C24H25N. The minimum absolute atomic E-state index is 0.374. The maximum Gasteiger partial charge on any atom is 0.0366 e. The first-order valence-electron chi connectivity index (χ1n) is 9.24. The Morgan fingerprint density at radius 1 is 0.800 bits per heavy atom. The third kappa shape index (κ3) is 3.67. The van der Waals surface area contributed by atoms with Crippen molar-refractivity contribution >= 4 is 0 Å². The van der Waals surface area contributed by atoms with Crippen LogP contribution in [-0.4, -0.2) is 6.04 Å². The molecule has 0 saturated carbocycles. The van der Waals surface area contributed by atoms with Gasteiger partial charge in [0.15, 0.2) is 0 Å². The molecule has 0 saturated heterocycles. The molecule has 2 unspecified atom stereocenters. The number of rotatable bonds is 4. The highest BCUT2D eigenvalue weighted by Gasteiger charge is 2.22. The zero-order valence-electron chi connectivity index (χ0n) is 14.8. The van der Waals surface area contributed by atoms with Crippen LogP contribution in [0.2, 0.25) is 0 Å². The highest BCUT2D eigenvalue weighted by atomic mass is 14.9. The van der Waals surface area contributed by atoms with Crippen molar-refractivity contribution < 1.29 is 0 Å². The average molecular weight is 327 g/mol. The summed E-state index contributed by atoms with van der Waals surface area (Å²) < 4.78 is 0. The van der Waals surface area contributed by atoms with Crippen LogP contribution in [-0.2, 0) is 19.3 Å². The molecule has 1 heteroatoms. The first-order chi connectivity index (χ1) is 12.3. The van der Waals surface area contributed by atoms with Crippen molar-refractivity contribution in [2.45, 2.75) is 38.3 Å². The maximum absolute atomic E-state index is 3.90. The molecule has 0 fully saturated rings. The highest BCUT2D eigenvalue weighted by molar-refractivity contribution is 5.42. The first kappa shape index (κ1) is 16.1. The summed E-state index contributed by atoms with van der Waals surface area (Å²) in [6, 6.07) is 29.4. The van der Waals surface area contributed by atoms with Gasteiger partial charge in [-0.2, -0.15) is 0 Å². The Bertz CT molecular complexity index is 837. The predicted molar refractivity (Wildman–Crippen MR) is 105 cm³/mol. The third-order valence-corrected chi connectivity index (χ3v) is 5.22.